The molecule has 2 aliphatic rings. The molecule has 1 saturated carbocycles. The molecule has 0 atom stereocenters. The first-order valence-corrected chi connectivity index (χ1v) is 7.52. The van der Waals surface area contributed by atoms with E-state index in [0.29, 0.717) is 5.91 Å². The van der Waals surface area contributed by atoms with Crippen molar-refractivity contribution in [1.82, 2.24) is 9.80 Å². The van der Waals surface area contributed by atoms with Crippen LogP contribution < -0.4 is 0 Å². The van der Waals surface area contributed by atoms with Crippen molar-refractivity contribution in [2.75, 3.05) is 26.2 Å². The smallest absolute Gasteiger partial charge is 0.228 e. The molecular weight excluding hydrogens is 224 g/mol. The summed E-state index contributed by atoms with van der Waals surface area (Å²) in [5.74, 6) is 0.311. The van der Waals surface area contributed by atoms with E-state index in [4.69, 9.17) is 0 Å². The van der Waals surface area contributed by atoms with Gasteiger partial charge in [0.05, 0.1) is 0 Å². The first-order valence-electron chi connectivity index (χ1n) is 7.52. The maximum Gasteiger partial charge on any atom is 0.228 e. The van der Waals surface area contributed by atoms with E-state index in [9.17, 15) is 4.79 Å². The molecule has 18 heavy (non-hydrogen) atoms. The summed E-state index contributed by atoms with van der Waals surface area (Å²) in [5, 5.41) is 0. The molecule has 1 aliphatic heterocycles. The van der Waals surface area contributed by atoms with Crippen molar-refractivity contribution in [1.29, 1.82) is 0 Å². The van der Waals surface area contributed by atoms with Gasteiger partial charge < -0.3 is 4.90 Å². The monoisotopic (exact) mass is 252 g/mol. The van der Waals surface area contributed by atoms with E-state index in [1.807, 2.05) is 20.8 Å². The SMILES string of the molecule is CC(C)(C)C(=O)N1CCN(C2CCCCC2)CC1. The van der Waals surface area contributed by atoms with Crippen molar-refractivity contribution < 1.29 is 4.79 Å². The van der Waals surface area contributed by atoms with Crippen molar-refractivity contribution in [2.24, 2.45) is 5.41 Å². The van der Waals surface area contributed by atoms with Crippen molar-refractivity contribution in [3.05, 3.63) is 0 Å². The lowest BCUT2D eigenvalue weighted by Gasteiger charge is -2.42. The molecule has 1 aliphatic carbocycles. The number of rotatable bonds is 1. The predicted octanol–water partition coefficient (Wildman–Crippen LogP) is 2.51. The zero-order valence-corrected chi connectivity index (χ0v) is 12.2. The molecule has 0 N–H and O–H groups in total. The lowest BCUT2D eigenvalue weighted by Crippen LogP contribution is -2.54. The van der Waals surface area contributed by atoms with Crippen LogP contribution in [0.4, 0.5) is 0 Å². The summed E-state index contributed by atoms with van der Waals surface area (Å²) in [6.45, 7) is 10.0. The lowest BCUT2D eigenvalue weighted by atomic mass is 9.92. The zero-order chi connectivity index (χ0) is 13.2. The standard InChI is InChI=1S/C15H28N2O/c1-15(2,3)14(18)17-11-9-16(10-12-17)13-7-5-4-6-8-13/h13H,4-12H2,1-3H3. The Hall–Kier alpha value is -0.570. The molecule has 2 rings (SSSR count). The van der Waals surface area contributed by atoms with E-state index in [1.165, 1.54) is 32.1 Å². The lowest BCUT2D eigenvalue weighted by molar-refractivity contribution is -0.141. The Balaban J connectivity index is 1.82. The van der Waals surface area contributed by atoms with Crippen LogP contribution in [0.3, 0.4) is 0 Å². The highest BCUT2D eigenvalue weighted by Crippen LogP contribution is 2.24. The summed E-state index contributed by atoms with van der Waals surface area (Å²) in [6.07, 6.45) is 6.94. The predicted molar refractivity (Wildman–Crippen MR) is 74.5 cm³/mol. The van der Waals surface area contributed by atoms with Gasteiger partial charge in [0.2, 0.25) is 5.91 Å². The Morgan fingerprint density at radius 2 is 1.50 bits per heavy atom. The van der Waals surface area contributed by atoms with Crippen molar-refractivity contribution in [2.45, 2.75) is 58.9 Å². The molecule has 1 saturated heterocycles. The van der Waals surface area contributed by atoms with Gasteiger partial charge in [-0.2, -0.15) is 0 Å². The second-order valence-electron chi connectivity index (χ2n) is 6.87. The Kier molecular flexibility index (Phi) is 4.31. The van der Waals surface area contributed by atoms with Gasteiger partial charge in [-0.25, -0.2) is 0 Å². The number of nitrogens with zero attached hydrogens (tertiary/aromatic N) is 2. The summed E-state index contributed by atoms with van der Waals surface area (Å²) in [4.78, 5) is 16.9. The fourth-order valence-corrected chi connectivity index (χ4v) is 3.21. The molecule has 0 aromatic rings. The zero-order valence-electron chi connectivity index (χ0n) is 12.2. The molecule has 3 nitrogen and oxygen atoms in total. The van der Waals surface area contributed by atoms with Crippen molar-refractivity contribution >= 4 is 5.91 Å². The van der Waals surface area contributed by atoms with Crippen LogP contribution in [0.15, 0.2) is 0 Å². The van der Waals surface area contributed by atoms with Gasteiger partial charge in [0, 0.05) is 37.6 Å². The normalized spacial score (nSPS) is 24.3. The largest absolute Gasteiger partial charge is 0.340 e. The molecule has 0 aromatic carbocycles. The summed E-state index contributed by atoms with van der Waals surface area (Å²) < 4.78 is 0. The first kappa shape index (κ1) is 13.9. The number of hydrogen-bond acceptors (Lipinski definition) is 2. The minimum absolute atomic E-state index is 0.229. The minimum Gasteiger partial charge on any atom is -0.340 e. The van der Waals surface area contributed by atoms with Crippen molar-refractivity contribution in [3.8, 4) is 0 Å². The van der Waals surface area contributed by atoms with Gasteiger partial charge in [-0.1, -0.05) is 40.0 Å². The van der Waals surface area contributed by atoms with E-state index in [1.54, 1.807) is 0 Å². The van der Waals surface area contributed by atoms with E-state index in [2.05, 4.69) is 9.80 Å². The molecule has 0 spiro atoms. The summed E-state index contributed by atoms with van der Waals surface area (Å²) >= 11 is 0. The number of amides is 1. The second kappa shape index (κ2) is 5.60. The molecule has 3 heteroatoms. The van der Waals surface area contributed by atoms with Gasteiger partial charge >= 0.3 is 0 Å². The fourth-order valence-electron chi connectivity index (χ4n) is 3.21. The number of hydrogen-bond donors (Lipinski definition) is 0. The Morgan fingerprint density at radius 1 is 0.944 bits per heavy atom. The molecule has 1 amide bonds. The average Bonchev–Trinajstić information content (AvgIpc) is 2.38. The van der Waals surface area contributed by atoms with Crippen LogP contribution in [-0.4, -0.2) is 47.9 Å². The van der Waals surface area contributed by atoms with Crippen LogP contribution in [0.25, 0.3) is 0 Å². The summed E-state index contributed by atoms with van der Waals surface area (Å²) in [7, 11) is 0. The van der Waals surface area contributed by atoms with Crippen LogP contribution in [0.2, 0.25) is 0 Å². The number of carbonyl (C=O) groups is 1. The highest BCUT2D eigenvalue weighted by Gasteiger charge is 2.31. The highest BCUT2D eigenvalue weighted by molar-refractivity contribution is 5.81. The van der Waals surface area contributed by atoms with Gasteiger partial charge in [-0.05, 0) is 12.8 Å². The Morgan fingerprint density at radius 3 is 2.00 bits per heavy atom. The molecule has 0 unspecified atom stereocenters. The van der Waals surface area contributed by atoms with Gasteiger partial charge in [-0.15, -0.1) is 0 Å². The highest BCUT2D eigenvalue weighted by atomic mass is 16.2. The maximum absolute atomic E-state index is 12.2. The summed E-state index contributed by atoms with van der Waals surface area (Å²) in [6, 6.07) is 0.797. The van der Waals surface area contributed by atoms with E-state index >= 15 is 0 Å². The van der Waals surface area contributed by atoms with Gasteiger partial charge in [0.1, 0.15) is 0 Å². The second-order valence-corrected chi connectivity index (χ2v) is 6.87. The third-order valence-corrected chi connectivity index (χ3v) is 4.33. The third-order valence-electron chi connectivity index (χ3n) is 4.33. The molecular formula is C15H28N2O. The quantitative estimate of drug-likeness (QED) is 0.716. The third kappa shape index (κ3) is 3.25. The first-order chi connectivity index (χ1) is 8.48. The van der Waals surface area contributed by atoms with Crippen LogP contribution in [0.1, 0.15) is 52.9 Å². The molecule has 0 aromatic heterocycles. The van der Waals surface area contributed by atoms with Crippen molar-refractivity contribution in [3.63, 3.8) is 0 Å². The topological polar surface area (TPSA) is 23.6 Å². The summed E-state index contributed by atoms with van der Waals surface area (Å²) in [5.41, 5.74) is -0.229. The molecule has 2 fully saturated rings. The van der Waals surface area contributed by atoms with E-state index in [0.717, 1.165) is 32.2 Å². The van der Waals surface area contributed by atoms with Gasteiger partial charge in [0.25, 0.3) is 0 Å². The minimum atomic E-state index is -0.229. The average molecular weight is 252 g/mol. The van der Waals surface area contributed by atoms with E-state index in [-0.39, 0.29) is 5.41 Å². The van der Waals surface area contributed by atoms with Crippen LogP contribution in [0, 0.1) is 5.41 Å². The van der Waals surface area contributed by atoms with Crippen LogP contribution in [-0.2, 0) is 4.79 Å². The Bertz CT molecular complexity index is 281. The Labute approximate surface area is 112 Å². The number of carbonyl (C=O) groups excluding carboxylic acids is 1. The number of piperazine rings is 1. The molecule has 0 bridgehead atoms. The molecule has 0 radical (unpaired) electrons. The maximum atomic E-state index is 12.2. The van der Waals surface area contributed by atoms with Gasteiger partial charge in [0.15, 0.2) is 0 Å². The van der Waals surface area contributed by atoms with Gasteiger partial charge in [-0.3, -0.25) is 9.69 Å². The van der Waals surface area contributed by atoms with E-state index < -0.39 is 0 Å². The molecule has 1 heterocycles. The molecule has 104 valence electrons. The fraction of sp³-hybridized carbons (Fsp3) is 0.933. The van der Waals surface area contributed by atoms with Crippen LogP contribution in [0.5, 0.6) is 0 Å². The van der Waals surface area contributed by atoms with Crippen LogP contribution >= 0.6 is 0 Å².